The molecule has 2 unspecified atom stereocenters. The first-order valence-corrected chi connectivity index (χ1v) is 37.5. The van der Waals surface area contributed by atoms with Crippen molar-refractivity contribution < 1.29 is 24.5 Å². The van der Waals surface area contributed by atoms with E-state index in [1.54, 1.807) is 6.08 Å². The van der Waals surface area contributed by atoms with Gasteiger partial charge in [0.15, 0.2) is 0 Å². The van der Waals surface area contributed by atoms with E-state index in [-0.39, 0.29) is 18.5 Å². The van der Waals surface area contributed by atoms with Gasteiger partial charge in [0.2, 0.25) is 5.91 Å². The molecule has 0 aliphatic rings. The Labute approximate surface area is 508 Å². The largest absolute Gasteiger partial charge is 0.466 e. The quantitative estimate of drug-likeness (QED) is 0.0320. The standard InChI is InChI=1S/C75H147NO5/c1-3-5-7-9-11-13-15-17-18-19-35-39-42-45-49-53-57-61-65-69-75(80)81-70-66-62-58-54-50-46-43-40-37-34-32-30-28-26-24-22-20-21-23-25-27-29-31-33-36-38-41-44-48-52-56-60-64-68-74(79)76-72(71-77)73(78)67-63-59-55-51-47-16-14-12-10-8-6-4-2/h63,67,72-73,77-78H,3-62,64-66,68-71H2,1-2H3,(H,76,79)/b67-63+. The predicted octanol–water partition coefficient (Wildman–Crippen LogP) is 24.3. The summed E-state index contributed by atoms with van der Waals surface area (Å²) in [7, 11) is 0. The van der Waals surface area contributed by atoms with E-state index in [4.69, 9.17) is 4.74 Å². The van der Waals surface area contributed by atoms with Crippen LogP contribution in [0.4, 0.5) is 0 Å². The molecule has 81 heavy (non-hydrogen) atoms. The second kappa shape index (κ2) is 71.1. The van der Waals surface area contributed by atoms with Crippen molar-refractivity contribution in [1.29, 1.82) is 0 Å². The fourth-order valence-electron chi connectivity index (χ4n) is 12.1. The Balaban J connectivity index is 3.29. The lowest BCUT2D eigenvalue weighted by Gasteiger charge is -2.20. The fraction of sp³-hybridized carbons (Fsp3) is 0.947. The van der Waals surface area contributed by atoms with Crippen molar-refractivity contribution >= 4 is 11.9 Å². The summed E-state index contributed by atoms with van der Waals surface area (Å²) in [5.41, 5.74) is 0. The van der Waals surface area contributed by atoms with E-state index in [1.165, 1.54) is 366 Å². The van der Waals surface area contributed by atoms with E-state index in [0.717, 1.165) is 38.5 Å². The molecular formula is C75H147NO5. The second-order valence-corrected chi connectivity index (χ2v) is 26.0. The number of allylic oxidation sites excluding steroid dienone is 1. The first-order chi connectivity index (χ1) is 40.0. The van der Waals surface area contributed by atoms with Crippen LogP contribution in [0.1, 0.15) is 431 Å². The van der Waals surface area contributed by atoms with Gasteiger partial charge in [-0.05, 0) is 32.1 Å². The van der Waals surface area contributed by atoms with Crippen LogP contribution in [-0.4, -0.2) is 47.4 Å². The van der Waals surface area contributed by atoms with Gasteiger partial charge in [-0.2, -0.15) is 0 Å². The number of rotatable bonds is 71. The molecule has 0 rings (SSSR count). The number of ether oxygens (including phenoxy) is 1. The summed E-state index contributed by atoms with van der Waals surface area (Å²) in [5, 5.41) is 23.1. The van der Waals surface area contributed by atoms with Crippen molar-refractivity contribution in [3.63, 3.8) is 0 Å². The molecule has 0 fully saturated rings. The molecule has 0 aromatic heterocycles. The first-order valence-electron chi connectivity index (χ1n) is 37.5. The molecule has 3 N–H and O–H groups in total. The Bertz CT molecular complexity index is 1220. The minimum atomic E-state index is -0.839. The number of amides is 1. The second-order valence-electron chi connectivity index (χ2n) is 26.0. The highest BCUT2D eigenvalue weighted by Crippen LogP contribution is 2.20. The average Bonchev–Trinajstić information content (AvgIpc) is 3.47. The number of hydrogen-bond donors (Lipinski definition) is 3. The molecule has 0 aromatic rings. The van der Waals surface area contributed by atoms with Gasteiger partial charge in [-0.15, -0.1) is 0 Å². The Kier molecular flexibility index (Phi) is 69.9. The van der Waals surface area contributed by atoms with Crippen LogP contribution in [0.2, 0.25) is 0 Å². The summed E-state index contributed by atoms with van der Waals surface area (Å²) in [6.07, 6.45) is 89.0. The average molecular weight is 1140 g/mol. The van der Waals surface area contributed by atoms with Crippen LogP contribution in [0.25, 0.3) is 0 Å². The molecule has 0 aliphatic heterocycles. The van der Waals surface area contributed by atoms with Gasteiger partial charge in [0, 0.05) is 12.8 Å². The summed E-state index contributed by atoms with van der Waals surface area (Å²) in [4.78, 5) is 24.6. The van der Waals surface area contributed by atoms with E-state index in [9.17, 15) is 19.8 Å². The lowest BCUT2D eigenvalue weighted by Crippen LogP contribution is -2.45. The summed E-state index contributed by atoms with van der Waals surface area (Å²) in [6, 6.07) is -0.622. The summed E-state index contributed by atoms with van der Waals surface area (Å²) < 4.78 is 5.52. The molecule has 0 aromatic carbocycles. The molecule has 0 bridgehead atoms. The maximum Gasteiger partial charge on any atom is 0.305 e. The minimum absolute atomic E-state index is 0.0273. The molecule has 0 radical (unpaired) electrons. The van der Waals surface area contributed by atoms with Gasteiger partial charge >= 0.3 is 5.97 Å². The zero-order valence-corrected chi connectivity index (χ0v) is 55.3. The van der Waals surface area contributed by atoms with Crippen LogP contribution in [0, 0.1) is 0 Å². The Morgan fingerprint density at radius 1 is 0.333 bits per heavy atom. The smallest absolute Gasteiger partial charge is 0.305 e. The molecule has 6 nitrogen and oxygen atoms in total. The van der Waals surface area contributed by atoms with Gasteiger partial charge in [-0.1, -0.05) is 398 Å². The number of aliphatic hydroxyl groups is 2. The number of unbranched alkanes of at least 4 members (excludes halogenated alkanes) is 60. The number of hydrogen-bond acceptors (Lipinski definition) is 5. The molecule has 482 valence electrons. The van der Waals surface area contributed by atoms with Gasteiger partial charge < -0.3 is 20.3 Å². The van der Waals surface area contributed by atoms with Crippen molar-refractivity contribution in [3.05, 3.63) is 12.2 Å². The van der Waals surface area contributed by atoms with Crippen molar-refractivity contribution in [1.82, 2.24) is 5.32 Å². The normalized spacial score (nSPS) is 12.5. The SMILES string of the molecule is CCCCCCCCCCCC/C=C/C(O)C(CO)NC(=O)CCCCCCCCCCCCCCCCCCCCCCCCCCCCCCCCCCCOC(=O)CCCCCCCCCCCCCCCCCCCCC. The van der Waals surface area contributed by atoms with Crippen molar-refractivity contribution in [2.24, 2.45) is 0 Å². The monoisotopic (exact) mass is 1140 g/mol. The molecule has 0 saturated carbocycles. The maximum absolute atomic E-state index is 12.5. The molecule has 1 amide bonds. The number of carbonyl (C=O) groups is 2. The Morgan fingerprint density at radius 2 is 0.568 bits per heavy atom. The van der Waals surface area contributed by atoms with Gasteiger partial charge in [-0.25, -0.2) is 0 Å². The van der Waals surface area contributed by atoms with Crippen LogP contribution < -0.4 is 5.32 Å². The van der Waals surface area contributed by atoms with Crippen molar-refractivity contribution in [2.45, 2.75) is 443 Å². The van der Waals surface area contributed by atoms with E-state index in [2.05, 4.69) is 19.2 Å². The third kappa shape index (κ3) is 67.6. The third-order valence-electron chi connectivity index (χ3n) is 17.8. The molecule has 0 heterocycles. The van der Waals surface area contributed by atoms with Gasteiger partial charge in [0.05, 0.1) is 25.4 Å². The molecule has 2 atom stereocenters. The Morgan fingerprint density at radius 3 is 0.840 bits per heavy atom. The first kappa shape index (κ1) is 79.6. The minimum Gasteiger partial charge on any atom is -0.466 e. The summed E-state index contributed by atoms with van der Waals surface area (Å²) in [5.74, 6) is -0.0342. The van der Waals surface area contributed by atoms with Crippen LogP contribution in [0.5, 0.6) is 0 Å². The van der Waals surface area contributed by atoms with E-state index < -0.39 is 12.1 Å². The molecule has 6 heteroatoms. The highest BCUT2D eigenvalue weighted by molar-refractivity contribution is 5.76. The zero-order chi connectivity index (χ0) is 58.5. The summed E-state index contributed by atoms with van der Waals surface area (Å²) >= 11 is 0. The van der Waals surface area contributed by atoms with E-state index in [0.29, 0.717) is 19.4 Å². The Hall–Kier alpha value is -1.40. The van der Waals surface area contributed by atoms with Crippen molar-refractivity contribution in [2.75, 3.05) is 13.2 Å². The third-order valence-corrected chi connectivity index (χ3v) is 17.8. The van der Waals surface area contributed by atoms with Gasteiger partial charge in [-0.3, -0.25) is 9.59 Å². The lowest BCUT2D eigenvalue weighted by atomic mass is 10.0. The fourth-order valence-corrected chi connectivity index (χ4v) is 12.1. The molecule has 0 spiro atoms. The predicted molar refractivity (Wildman–Crippen MR) is 357 cm³/mol. The van der Waals surface area contributed by atoms with Crippen LogP contribution in [0.15, 0.2) is 12.2 Å². The highest BCUT2D eigenvalue weighted by atomic mass is 16.5. The number of esters is 1. The molecule has 0 saturated heterocycles. The van der Waals surface area contributed by atoms with Crippen LogP contribution in [-0.2, 0) is 14.3 Å². The number of carbonyl (C=O) groups excluding carboxylic acids is 2. The highest BCUT2D eigenvalue weighted by Gasteiger charge is 2.18. The van der Waals surface area contributed by atoms with Gasteiger partial charge in [0.1, 0.15) is 0 Å². The van der Waals surface area contributed by atoms with E-state index in [1.807, 2.05) is 6.08 Å². The van der Waals surface area contributed by atoms with Crippen LogP contribution >= 0.6 is 0 Å². The number of nitrogens with one attached hydrogen (secondary N) is 1. The molecule has 0 aliphatic carbocycles. The van der Waals surface area contributed by atoms with E-state index >= 15 is 0 Å². The number of aliphatic hydroxyl groups excluding tert-OH is 2. The maximum atomic E-state index is 12.5. The van der Waals surface area contributed by atoms with Crippen LogP contribution in [0.3, 0.4) is 0 Å². The molecular weight excluding hydrogens is 995 g/mol. The van der Waals surface area contributed by atoms with Crippen molar-refractivity contribution in [3.8, 4) is 0 Å². The summed E-state index contributed by atoms with van der Waals surface area (Å²) in [6.45, 7) is 4.94. The topological polar surface area (TPSA) is 95.9 Å². The van der Waals surface area contributed by atoms with Gasteiger partial charge in [0.25, 0.3) is 0 Å². The lowest BCUT2D eigenvalue weighted by molar-refractivity contribution is -0.143. The zero-order valence-electron chi connectivity index (χ0n) is 55.3.